The first kappa shape index (κ1) is 17.7. The number of rotatable bonds is 7. The van der Waals surface area contributed by atoms with Gasteiger partial charge in [-0.25, -0.2) is 0 Å². The van der Waals surface area contributed by atoms with Gasteiger partial charge in [-0.15, -0.1) is 0 Å². The van der Waals surface area contributed by atoms with Crippen LogP contribution in [-0.4, -0.2) is 14.5 Å². The van der Waals surface area contributed by atoms with Gasteiger partial charge in [0.1, 0.15) is 0 Å². The van der Waals surface area contributed by atoms with Crippen LogP contribution in [0, 0.1) is 12.8 Å². The molecule has 0 bridgehead atoms. The number of hydrogen-bond donors (Lipinski definition) is 0. The maximum Gasteiger partial charge on any atom is 0.297 e. The summed E-state index contributed by atoms with van der Waals surface area (Å²) in [5, 5.41) is 0. The Bertz CT molecular complexity index is 706. The Kier molecular flexibility index (Phi) is 5.97. The Labute approximate surface area is 139 Å². The van der Waals surface area contributed by atoms with E-state index in [1.165, 1.54) is 0 Å². The quantitative estimate of drug-likeness (QED) is 0.708. The Morgan fingerprint density at radius 1 is 1.00 bits per heavy atom. The third-order valence-corrected chi connectivity index (χ3v) is 5.47. The topological polar surface area (TPSA) is 43.4 Å². The SMILES string of the molecule is CC[C@@H](C)[C@H](Cc1ccccc1)OS(=O)(=O)c1ccc(C)cc1. The highest BCUT2D eigenvalue weighted by atomic mass is 32.2. The van der Waals surface area contributed by atoms with Crippen molar-refractivity contribution in [3.63, 3.8) is 0 Å². The van der Waals surface area contributed by atoms with Gasteiger partial charge >= 0.3 is 0 Å². The van der Waals surface area contributed by atoms with Crippen molar-refractivity contribution in [2.75, 3.05) is 0 Å². The van der Waals surface area contributed by atoms with Gasteiger partial charge in [-0.3, -0.25) is 4.18 Å². The lowest BCUT2D eigenvalue weighted by Gasteiger charge is -2.23. The van der Waals surface area contributed by atoms with E-state index in [1.54, 1.807) is 24.3 Å². The van der Waals surface area contributed by atoms with E-state index in [0.29, 0.717) is 6.42 Å². The van der Waals surface area contributed by atoms with Crippen LogP contribution in [-0.2, 0) is 20.7 Å². The van der Waals surface area contributed by atoms with Crippen molar-refractivity contribution in [1.29, 1.82) is 0 Å². The molecule has 0 aliphatic carbocycles. The molecule has 124 valence electrons. The van der Waals surface area contributed by atoms with E-state index in [2.05, 4.69) is 0 Å². The summed E-state index contributed by atoms with van der Waals surface area (Å²) < 4.78 is 30.7. The summed E-state index contributed by atoms with van der Waals surface area (Å²) in [6.45, 7) is 6.00. The molecule has 4 heteroatoms. The van der Waals surface area contributed by atoms with Gasteiger partial charge in [0.25, 0.3) is 10.1 Å². The monoisotopic (exact) mass is 332 g/mol. The Morgan fingerprint density at radius 3 is 2.17 bits per heavy atom. The van der Waals surface area contributed by atoms with E-state index < -0.39 is 10.1 Å². The molecule has 0 radical (unpaired) electrons. The average molecular weight is 332 g/mol. The predicted octanol–water partition coefficient (Wildman–Crippen LogP) is 4.36. The summed E-state index contributed by atoms with van der Waals surface area (Å²) in [7, 11) is -3.75. The molecule has 0 saturated carbocycles. The normalized spacial score (nSPS) is 14.4. The summed E-state index contributed by atoms with van der Waals surface area (Å²) in [5.74, 6) is 0.149. The van der Waals surface area contributed by atoms with Crippen molar-refractivity contribution in [1.82, 2.24) is 0 Å². The van der Waals surface area contributed by atoms with Crippen molar-refractivity contribution < 1.29 is 12.6 Å². The van der Waals surface area contributed by atoms with Crippen LogP contribution < -0.4 is 0 Å². The first-order valence-corrected chi connectivity index (χ1v) is 9.37. The predicted molar refractivity (Wildman–Crippen MR) is 92.8 cm³/mol. The fraction of sp³-hybridized carbons (Fsp3) is 0.368. The maximum atomic E-state index is 12.5. The van der Waals surface area contributed by atoms with Crippen LogP contribution in [0.15, 0.2) is 59.5 Å². The number of aryl methyl sites for hydroxylation is 1. The molecule has 2 atom stereocenters. The molecule has 0 spiro atoms. The molecule has 23 heavy (non-hydrogen) atoms. The van der Waals surface area contributed by atoms with E-state index >= 15 is 0 Å². The first-order valence-electron chi connectivity index (χ1n) is 7.96. The van der Waals surface area contributed by atoms with E-state index in [9.17, 15) is 8.42 Å². The van der Waals surface area contributed by atoms with E-state index in [1.807, 2.05) is 51.1 Å². The highest BCUT2D eigenvalue weighted by Gasteiger charge is 2.25. The molecule has 0 unspecified atom stereocenters. The standard InChI is InChI=1S/C19H24O3S/c1-4-16(3)19(14-17-8-6-5-7-9-17)22-23(20,21)18-12-10-15(2)11-13-18/h5-13,16,19H,4,14H2,1-3H3/t16-,19+/m1/s1. The highest BCUT2D eigenvalue weighted by Crippen LogP contribution is 2.23. The summed E-state index contributed by atoms with van der Waals surface area (Å²) in [5.41, 5.74) is 2.10. The van der Waals surface area contributed by atoms with E-state index in [4.69, 9.17) is 4.18 Å². The molecule has 0 aromatic heterocycles. The fourth-order valence-corrected chi connectivity index (χ4v) is 3.53. The lowest BCUT2D eigenvalue weighted by Crippen LogP contribution is -2.27. The molecule has 0 fully saturated rings. The van der Waals surface area contributed by atoms with Gasteiger partial charge in [-0.1, -0.05) is 68.3 Å². The Balaban J connectivity index is 2.21. The van der Waals surface area contributed by atoms with Gasteiger partial charge in [0, 0.05) is 6.42 Å². The van der Waals surface area contributed by atoms with Gasteiger partial charge in [0.2, 0.25) is 0 Å². The van der Waals surface area contributed by atoms with Crippen molar-refractivity contribution >= 4 is 10.1 Å². The molecule has 0 heterocycles. The summed E-state index contributed by atoms with van der Waals surface area (Å²) in [6.07, 6.45) is 1.08. The molecule has 2 aromatic carbocycles. The molecule has 0 amide bonds. The van der Waals surface area contributed by atoms with Crippen LogP contribution in [0.2, 0.25) is 0 Å². The van der Waals surface area contributed by atoms with Crippen LogP contribution in [0.5, 0.6) is 0 Å². The second-order valence-corrected chi connectivity index (χ2v) is 7.55. The highest BCUT2D eigenvalue weighted by molar-refractivity contribution is 7.86. The lowest BCUT2D eigenvalue weighted by atomic mass is 9.96. The fourth-order valence-electron chi connectivity index (χ4n) is 2.36. The van der Waals surface area contributed by atoms with Crippen molar-refractivity contribution in [3.05, 3.63) is 65.7 Å². The average Bonchev–Trinajstić information content (AvgIpc) is 2.54. The van der Waals surface area contributed by atoms with Crippen LogP contribution in [0.1, 0.15) is 31.4 Å². The van der Waals surface area contributed by atoms with Crippen molar-refractivity contribution in [3.8, 4) is 0 Å². The van der Waals surface area contributed by atoms with E-state index in [0.717, 1.165) is 17.5 Å². The second kappa shape index (κ2) is 7.75. The van der Waals surface area contributed by atoms with Crippen molar-refractivity contribution in [2.45, 2.75) is 44.6 Å². The third-order valence-electron chi connectivity index (χ3n) is 4.12. The smallest absolute Gasteiger partial charge is 0.262 e. The van der Waals surface area contributed by atoms with Crippen LogP contribution in [0.3, 0.4) is 0 Å². The largest absolute Gasteiger partial charge is 0.297 e. The molecule has 0 N–H and O–H groups in total. The van der Waals surface area contributed by atoms with Crippen LogP contribution in [0.25, 0.3) is 0 Å². The van der Waals surface area contributed by atoms with E-state index in [-0.39, 0.29) is 16.9 Å². The van der Waals surface area contributed by atoms with Gasteiger partial charge in [-0.2, -0.15) is 8.42 Å². The lowest BCUT2D eigenvalue weighted by molar-refractivity contribution is 0.147. The number of hydrogen-bond acceptors (Lipinski definition) is 3. The first-order chi connectivity index (χ1) is 10.9. The van der Waals surface area contributed by atoms with Gasteiger partial charge < -0.3 is 0 Å². The zero-order chi connectivity index (χ0) is 16.9. The van der Waals surface area contributed by atoms with Crippen LogP contribution in [0.4, 0.5) is 0 Å². The second-order valence-electron chi connectivity index (χ2n) is 5.98. The van der Waals surface area contributed by atoms with Gasteiger partial charge in [0.15, 0.2) is 0 Å². The molecule has 3 nitrogen and oxygen atoms in total. The summed E-state index contributed by atoms with van der Waals surface area (Å²) >= 11 is 0. The zero-order valence-corrected chi connectivity index (χ0v) is 14.7. The van der Waals surface area contributed by atoms with Gasteiger partial charge in [-0.05, 0) is 30.5 Å². The molecule has 2 rings (SSSR count). The Morgan fingerprint density at radius 2 is 1.61 bits per heavy atom. The molecule has 2 aromatic rings. The molecular weight excluding hydrogens is 308 g/mol. The molecule has 0 aliphatic rings. The molecule has 0 aliphatic heterocycles. The zero-order valence-electron chi connectivity index (χ0n) is 13.9. The minimum absolute atomic E-state index is 0.149. The minimum atomic E-state index is -3.75. The Hall–Kier alpha value is -1.65. The summed E-state index contributed by atoms with van der Waals surface area (Å²) in [4.78, 5) is 0.212. The summed E-state index contributed by atoms with van der Waals surface area (Å²) in [6, 6.07) is 16.6. The number of benzene rings is 2. The van der Waals surface area contributed by atoms with Crippen LogP contribution >= 0.6 is 0 Å². The minimum Gasteiger partial charge on any atom is -0.262 e. The molecular formula is C19H24O3S. The third kappa shape index (κ3) is 4.91. The van der Waals surface area contributed by atoms with Crippen molar-refractivity contribution in [2.24, 2.45) is 5.92 Å². The molecule has 0 saturated heterocycles. The maximum absolute atomic E-state index is 12.5. The van der Waals surface area contributed by atoms with Gasteiger partial charge in [0.05, 0.1) is 11.0 Å².